The van der Waals surface area contributed by atoms with Crippen LogP contribution in [0.2, 0.25) is 0 Å². The third kappa shape index (κ3) is 2.69. The van der Waals surface area contributed by atoms with Crippen molar-refractivity contribution in [1.82, 2.24) is 4.57 Å². The molecule has 5 aromatic carbocycles. The van der Waals surface area contributed by atoms with E-state index in [2.05, 4.69) is 118 Å². The zero-order chi connectivity index (χ0) is 21.2. The second-order valence-electron chi connectivity index (χ2n) is 8.79. The number of hydrogen-bond donors (Lipinski definition) is 0. The highest BCUT2D eigenvalue weighted by molar-refractivity contribution is 9.10. The lowest BCUT2D eigenvalue weighted by molar-refractivity contribution is 1.00. The Hall–Kier alpha value is -3.36. The molecule has 1 aromatic heterocycles. The van der Waals surface area contributed by atoms with Crippen LogP contribution in [-0.2, 0) is 12.8 Å². The summed E-state index contributed by atoms with van der Waals surface area (Å²) in [5.41, 5.74) is 9.51. The minimum Gasteiger partial charge on any atom is -0.309 e. The van der Waals surface area contributed by atoms with E-state index in [0.717, 1.165) is 17.3 Å². The van der Waals surface area contributed by atoms with Crippen molar-refractivity contribution in [1.29, 1.82) is 0 Å². The van der Waals surface area contributed by atoms with E-state index < -0.39 is 0 Å². The minimum atomic E-state index is 1.01. The lowest BCUT2D eigenvalue weighted by Crippen LogP contribution is -2.07. The number of fused-ring (bicyclic) bond motifs is 6. The van der Waals surface area contributed by atoms with Crippen molar-refractivity contribution in [2.45, 2.75) is 12.8 Å². The molecule has 0 aliphatic heterocycles. The minimum absolute atomic E-state index is 1.01. The molecule has 0 fully saturated rings. The summed E-state index contributed by atoms with van der Waals surface area (Å²) < 4.78 is 3.56. The van der Waals surface area contributed by atoms with Crippen LogP contribution in [0.1, 0.15) is 22.3 Å². The molecule has 0 saturated carbocycles. The van der Waals surface area contributed by atoms with E-state index in [1.165, 1.54) is 60.5 Å². The van der Waals surface area contributed by atoms with Gasteiger partial charge in [0.25, 0.3) is 0 Å². The van der Waals surface area contributed by atoms with Crippen LogP contribution in [-0.4, -0.2) is 4.57 Å². The molecule has 32 heavy (non-hydrogen) atoms. The van der Waals surface area contributed by atoms with Crippen LogP contribution in [0.3, 0.4) is 0 Å². The standard InChI is InChI=1S/C30H20BrN/c31-25-11-9-19-13-22-16-24-18-26(12-10-20(24)14-21(22)15-23(19)17-25)32-29-7-3-1-5-27(29)28-6-2-4-8-30(28)32/h1-12,14,16-18H,13,15H2. The molecule has 0 spiro atoms. The Morgan fingerprint density at radius 2 is 1.16 bits per heavy atom. The average Bonchev–Trinajstić information content (AvgIpc) is 3.16. The number of aromatic nitrogens is 1. The van der Waals surface area contributed by atoms with Gasteiger partial charge >= 0.3 is 0 Å². The molecular formula is C30H20BrN. The van der Waals surface area contributed by atoms with Gasteiger partial charge in [-0.25, -0.2) is 0 Å². The summed E-state index contributed by atoms with van der Waals surface area (Å²) in [4.78, 5) is 0. The van der Waals surface area contributed by atoms with Gasteiger partial charge in [0.1, 0.15) is 0 Å². The van der Waals surface area contributed by atoms with Crippen molar-refractivity contribution in [3.05, 3.63) is 124 Å². The van der Waals surface area contributed by atoms with Gasteiger partial charge in [-0.15, -0.1) is 0 Å². The number of halogens is 1. The highest BCUT2D eigenvalue weighted by atomic mass is 79.9. The Balaban J connectivity index is 1.42. The first-order valence-corrected chi connectivity index (χ1v) is 11.9. The van der Waals surface area contributed by atoms with Crippen molar-refractivity contribution < 1.29 is 0 Å². The van der Waals surface area contributed by atoms with E-state index >= 15 is 0 Å². The molecule has 1 heterocycles. The SMILES string of the molecule is Brc1ccc2c(c1)Cc1cc3ccc(-n4c5ccccc5c5ccccc54)cc3cc1C2. The maximum absolute atomic E-state index is 3.63. The number of rotatable bonds is 1. The molecule has 0 amide bonds. The van der Waals surface area contributed by atoms with E-state index in [-0.39, 0.29) is 0 Å². The van der Waals surface area contributed by atoms with Crippen molar-refractivity contribution >= 4 is 48.5 Å². The largest absolute Gasteiger partial charge is 0.309 e. The smallest absolute Gasteiger partial charge is 0.0541 e. The first-order chi connectivity index (χ1) is 15.7. The molecule has 0 unspecified atom stereocenters. The van der Waals surface area contributed by atoms with E-state index in [0.29, 0.717) is 0 Å². The molecule has 0 saturated heterocycles. The summed E-state index contributed by atoms with van der Waals surface area (Å²) in [5.74, 6) is 0. The number of benzene rings is 5. The van der Waals surface area contributed by atoms with Gasteiger partial charge in [0.05, 0.1) is 11.0 Å². The van der Waals surface area contributed by atoms with Gasteiger partial charge in [-0.1, -0.05) is 76.6 Å². The Labute approximate surface area is 195 Å². The van der Waals surface area contributed by atoms with E-state index in [9.17, 15) is 0 Å². The summed E-state index contributed by atoms with van der Waals surface area (Å²) in [6.07, 6.45) is 2.02. The third-order valence-corrected chi connectivity index (χ3v) is 7.40. The predicted molar refractivity (Wildman–Crippen MR) is 138 cm³/mol. The van der Waals surface area contributed by atoms with Crippen LogP contribution in [0.5, 0.6) is 0 Å². The van der Waals surface area contributed by atoms with Gasteiger partial charge in [-0.05, 0) is 82.3 Å². The van der Waals surface area contributed by atoms with Gasteiger partial charge < -0.3 is 4.57 Å². The molecule has 152 valence electrons. The molecule has 1 aliphatic rings. The Kier molecular flexibility index (Phi) is 3.88. The van der Waals surface area contributed by atoms with E-state index in [1.807, 2.05) is 0 Å². The molecule has 6 aromatic rings. The highest BCUT2D eigenvalue weighted by Gasteiger charge is 2.17. The highest BCUT2D eigenvalue weighted by Crippen LogP contribution is 2.35. The van der Waals surface area contributed by atoms with Crippen LogP contribution in [0.15, 0.2) is 102 Å². The number of para-hydroxylation sites is 2. The maximum Gasteiger partial charge on any atom is 0.0541 e. The Morgan fingerprint density at radius 3 is 1.91 bits per heavy atom. The van der Waals surface area contributed by atoms with E-state index in [1.54, 1.807) is 0 Å². The van der Waals surface area contributed by atoms with Crippen molar-refractivity contribution in [3.8, 4) is 5.69 Å². The van der Waals surface area contributed by atoms with Crippen LogP contribution in [0, 0.1) is 0 Å². The first kappa shape index (κ1) is 18.2. The van der Waals surface area contributed by atoms with Crippen molar-refractivity contribution in [2.75, 3.05) is 0 Å². The molecule has 0 bridgehead atoms. The molecular weight excluding hydrogens is 454 g/mol. The average molecular weight is 474 g/mol. The van der Waals surface area contributed by atoms with Crippen LogP contribution >= 0.6 is 15.9 Å². The molecule has 0 N–H and O–H groups in total. The topological polar surface area (TPSA) is 4.93 Å². The molecule has 0 atom stereocenters. The van der Waals surface area contributed by atoms with Gasteiger partial charge in [0.15, 0.2) is 0 Å². The Morgan fingerprint density at radius 1 is 0.531 bits per heavy atom. The third-order valence-electron chi connectivity index (χ3n) is 6.91. The van der Waals surface area contributed by atoms with Crippen LogP contribution < -0.4 is 0 Å². The first-order valence-electron chi connectivity index (χ1n) is 11.1. The number of nitrogens with zero attached hydrogens (tertiary/aromatic N) is 1. The summed E-state index contributed by atoms with van der Waals surface area (Å²) in [7, 11) is 0. The van der Waals surface area contributed by atoms with Crippen LogP contribution in [0.25, 0.3) is 38.3 Å². The molecule has 2 heteroatoms. The van der Waals surface area contributed by atoms with Crippen LogP contribution in [0.4, 0.5) is 0 Å². The molecule has 7 rings (SSSR count). The zero-order valence-electron chi connectivity index (χ0n) is 17.5. The second-order valence-corrected chi connectivity index (χ2v) is 9.70. The maximum atomic E-state index is 3.63. The van der Waals surface area contributed by atoms with Gasteiger partial charge in [0.2, 0.25) is 0 Å². The lowest BCUT2D eigenvalue weighted by Gasteiger charge is -2.21. The van der Waals surface area contributed by atoms with Gasteiger partial charge in [-0.3, -0.25) is 0 Å². The quantitative estimate of drug-likeness (QED) is 0.226. The molecule has 0 radical (unpaired) electrons. The molecule has 1 nitrogen and oxygen atoms in total. The fourth-order valence-electron chi connectivity index (χ4n) is 5.39. The van der Waals surface area contributed by atoms with Crippen molar-refractivity contribution in [2.24, 2.45) is 0 Å². The fourth-order valence-corrected chi connectivity index (χ4v) is 5.80. The summed E-state index contributed by atoms with van der Waals surface area (Å²) in [5, 5.41) is 5.23. The summed E-state index contributed by atoms with van der Waals surface area (Å²) in [6.45, 7) is 0. The lowest BCUT2D eigenvalue weighted by atomic mass is 9.84. The van der Waals surface area contributed by atoms with Crippen molar-refractivity contribution in [3.63, 3.8) is 0 Å². The monoisotopic (exact) mass is 473 g/mol. The zero-order valence-corrected chi connectivity index (χ0v) is 19.1. The second kappa shape index (κ2) is 6.82. The molecule has 1 aliphatic carbocycles. The summed E-state index contributed by atoms with van der Waals surface area (Å²) >= 11 is 3.63. The summed E-state index contributed by atoms with van der Waals surface area (Å²) in [6, 6.07) is 35.8. The van der Waals surface area contributed by atoms with Gasteiger partial charge in [-0.2, -0.15) is 0 Å². The van der Waals surface area contributed by atoms with E-state index in [4.69, 9.17) is 0 Å². The van der Waals surface area contributed by atoms with Gasteiger partial charge in [0, 0.05) is 20.9 Å². The normalized spacial score (nSPS) is 12.9. The fraction of sp³-hybridized carbons (Fsp3) is 0.0667. The Bertz CT molecular complexity index is 1640. The number of hydrogen-bond acceptors (Lipinski definition) is 0. The predicted octanol–water partition coefficient (Wildman–Crippen LogP) is 8.19.